The molecule has 1 N–H and O–H groups in total. The quantitative estimate of drug-likeness (QED) is 0.728. The van der Waals surface area contributed by atoms with E-state index in [1.807, 2.05) is 11.8 Å². The molecule has 2 aliphatic heterocycles. The maximum absolute atomic E-state index is 11.7. The molecule has 0 saturated carbocycles. The van der Waals surface area contributed by atoms with Crippen molar-refractivity contribution < 1.29 is 9.53 Å². The summed E-state index contributed by atoms with van der Waals surface area (Å²) in [6.07, 6.45) is 2.50. The van der Waals surface area contributed by atoms with Crippen LogP contribution in [-0.4, -0.2) is 49.7 Å². The van der Waals surface area contributed by atoms with Gasteiger partial charge in [-0.15, -0.1) is 0 Å². The highest BCUT2D eigenvalue weighted by molar-refractivity contribution is 5.77. The molecule has 2 atom stereocenters. The standard InChI is InChI=1S/C11H20N2O2/c1-2-15-8-11(14)13-6-9-4-3-5-12-10(9)7-13/h9-10,12H,2-8H2,1H3/t9-,10+/m0/s1. The molecule has 2 heterocycles. The van der Waals surface area contributed by atoms with Crippen LogP contribution in [0.3, 0.4) is 0 Å². The average Bonchev–Trinajstić information content (AvgIpc) is 2.69. The van der Waals surface area contributed by atoms with Crippen LogP contribution < -0.4 is 5.32 Å². The SMILES string of the molecule is CCOCC(=O)N1C[C@@H]2CCCN[C@@H]2C1. The van der Waals surface area contributed by atoms with Crippen molar-refractivity contribution in [3.8, 4) is 0 Å². The Morgan fingerprint density at radius 2 is 2.40 bits per heavy atom. The van der Waals surface area contributed by atoms with Crippen molar-refractivity contribution in [1.29, 1.82) is 0 Å². The first-order chi connectivity index (χ1) is 7.31. The van der Waals surface area contributed by atoms with Gasteiger partial charge in [-0.25, -0.2) is 0 Å². The molecule has 86 valence electrons. The second kappa shape index (κ2) is 4.94. The number of hydrogen-bond donors (Lipinski definition) is 1. The maximum atomic E-state index is 11.7. The van der Waals surface area contributed by atoms with Gasteiger partial charge in [0.25, 0.3) is 0 Å². The predicted molar refractivity (Wildman–Crippen MR) is 57.6 cm³/mol. The Kier molecular flexibility index (Phi) is 3.59. The lowest BCUT2D eigenvalue weighted by Gasteiger charge is -2.24. The molecule has 2 saturated heterocycles. The fraction of sp³-hybridized carbons (Fsp3) is 0.909. The van der Waals surface area contributed by atoms with E-state index in [-0.39, 0.29) is 12.5 Å². The number of piperidine rings is 1. The fourth-order valence-electron chi connectivity index (χ4n) is 2.53. The number of likely N-dealkylation sites (tertiary alicyclic amines) is 1. The zero-order chi connectivity index (χ0) is 10.7. The van der Waals surface area contributed by atoms with Crippen molar-refractivity contribution in [3.05, 3.63) is 0 Å². The molecule has 2 rings (SSSR count). The number of nitrogens with zero attached hydrogens (tertiary/aromatic N) is 1. The lowest BCUT2D eigenvalue weighted by Crippen LogP contribution is -2.41. The Labute approximate surface area is 91.0 Å². The first-order valence-electron chi connectivity index (χ1n) is 5.90. The summed E-state index contributed by atoms with van der Waals surface area (Å²) in [6.45, 7) is 5.67. The summed E-state index contributed by atoms with van der Waals surface area (Å²) < 4.78 is 5.15. The van der Waals surface area contributed by atoms with Gasteiger partial charge >= 0.3 is 0 Å². The van der Waals surface area contributed by atoms with Gasteiger partial charge < -0.3 is 15.0 Å². The Hall–Kier alpha value is -0.610. The molecule has 0 bridgehead atoms. The molecule has 2 aliphatic rings. The Bertz CT molecular complexity index is 219. The van der Waals surface area contributed by atoms with E-state index in [0.29, 0.717) is 18.6 Å². The third-order valence-electron chi connectivity index (χ3n) is 3.38. The van der Waals surface area contributed by atoms with Gasteiger partial charge in [-0.3, -0.25) is 4.79 Å². The van der Waals surface area contributed by atoms with E-state index >= 15 is 0 Å². The van der Waals surface area contributed by atoms with E-state index < -0.39 is 0 Å². The number of carbonyl (C=O) groups excluding carboxylic acids is 1. The average molecular weight is 212 g/mol. The monoisotopic (exact) mass is 212 g/mol. The zero-order valence-electron chi connectivity index (χ0n) is 9.37. The van der Waals surface area contributed by atoms with Gasteiger partial charge in [0.05, 0.1) is 0 Å². The minimum absolute atomic E-state index is 0.146. The van der Waals surface area contributed by atoms with Crippen molar-refractivity contribution >= 4 is 5.91 Å². The number of amides is 1. The van der Waals surface area contributed by atoms with Crippen LogP contribution in [0.1, 0.15) is 19.8 Å². The molecule has 0 radical (unpaired) electrons. The first-order valence-corrected chi connectivity index (χ1v) is 5.90. The van der Waals surface area contributed by atoms with E-state index in [9.17, 15) is 4.79 Å². The summed E-state index contributed by atoms with van der Waals surface area (Å²) >= 11 is 0. The smallest absolute Gasteiger partial charge is 0.248 e. The van der Waals surface area contributed by atoms with Gasteiger partial charge in [0, 0.05) is 25.7 Å². The van der Waals surface area contributed by atoms with Crippen molar-refractivity contribution in [2.24, 2.45) is 5.92 Å². The third kappa shape index (κ3) is 2.49. The number of fused-ring (bicyclic) bond motifs is 1. The minimum atomic E-state index is 0.146. The van der Waals surface area contributed by atoms with E-state index in [1.54, 1.807) is 0 Å². The van der Waals surface area contributed by atoms with Gasteiger partial charge in [-0.1, -0.05) is 0 Å². The summed E-state index contributed by atoms with van der Waals surface area (Å²) in [5.74, 6) is 0.817. The largest absolute Gasteiger partial charge is 0.372 e. The zero-order valence-corrected chi connectivity index (χ0v) is 9.37. The van der Waals surface area contributed by atoms with E-state index in [2.05, 4.69) is 5.32 Å². The lowest BCUT2D eigenvalue weighted by atomic mass is 9.94. The lowest BCUT2D eigenvalue weighted by molar-refractivity contribution is -0.135. The molecule has 4 heteroatoms. The van der Waals surface area contributed by atoms with Crippen LogP contribution in [0.25, 0.3) is 0 Å². The molecule has 0 aromatic carbocycles. The molecule has 0 unspecified atom stereocenters. The van der Waals surface area contributed by atoms with Crippen LogP contribution in [0.5, 0.6) is 0 Å². The topological polar surface area (TPSA) is 41.6 Å². The molecule has 0 aromatic rings. The molecule has 4 nitrogen and oxygen atoms in total. The van der Waals surface area contributed by atoms with Gasteiger partial charge in [0.1, 0.15) is 6.61 Å². The molecular weight excluding hydrogens is 192 g/mol. The van der Waals surface area contributed by atoms with E-state index in [4.69, 9.17) is 4.74 Å². The Balaban J connectivity index is 1.82. The third-order valence-corrected chi connectivity index (χ3v) is 3.38. The highest BCUT2D eigenvalue weighted by Crippen LogP contribution is 2.24. The summed E-state index contributed by atoms with van der Waals surface area (Å²) in [4.78, 5) is 13.7. The highest BCUT2D eigenvalue weighted by Gasteiger charge is 2.36. The number of nitrogens with one attached hydrogen (secondary N) is 1. The van der Waals surface area contributed by atoms with Crippen LogP contribution in [0.4, 0.5) is 0 Å². The highest BCUT2D eigenvalue weighted by atomic mass is 16.5. The van der Waals surface area contributed by atoms with Crippen LogP contribution in [0, 0.1) is 5.92 Å². The Morgan fingerprint density at radius 1 is 1.53 bits per heavy atom. The first kappa shape index (κ1) is 10.9. The van der Waals surface area contributed by atoms with Gasteiger partial charge in [0.15, 0.2) is 0 Å². The van der Waals surface area contributed by atoms with Crippen LogP contribution in [-0.2, 0) is 9.53 Å². The number of carbonyl (C=O) groups is 1. The Morgan fingerprint density at radius 3 is 3.13 bits per heavy atom. The fourth-order valence-corrected chi connectivity index (χ4v) is 2.53. The normalized spacial score (nSPS) is 30.3. The van der Waals surface area contributed by atoms with Gasteiger partial charge in [0.2, 0.25) is 5.91 Å². The second-order valence-corrected chi connectivity index (χ2v) is 4.40. The molecule has 15 heavy (non-hydrogen) atoms. The summed E-state index contributed by atoms with van der Waals surface area (Å²) in [5, 5.41) is 3.49. The summed E-state index contributed by atoms with van der Waals surface area (Å²) in [5.41, 5.74) is 0. The van der Waals surface area contributed by atoms with E-state index in [1.165, 1.54) is 12.8 Å². The summed E-state index contributed by atoms with van der Waals surface area (Å²) in [7, 11) is 0. The molecule has 1 amide bonds. The van der Waals surface area contributed by atoms with Crippen LogP contribution >= 0.6 is 0 Å². The number of hydrogen-bond acceptors (Lipinski definition) is 3. The van der Waals surface area contributed by atoms with Crippen molar-refractivity contribution in [3.63, 3.8) is 0 Å². The van der Waals surface area contributed by atoms with Crippen LogP contribution in [0.2, 0.25) is 0 Å². The molecular formula is C11H20N2O2. The predicted octanol–water partition coefficient (Wildman–Crippen LogP) is 0.233. The van der Waals surface area contributed by atoms with Crippen molar-refractivity contribution in [2.45, 2.75) is 25.8 Å². The molecule has 0 spiro atoms. The number of rotatable bonds is 3. The molecule has 2 fully saturated rings. The minimum Gasteiger partial charge on any atom is -0.372 e. The van der Waals surface area contributed by atoms with Crippen LogP contribution in [0.15, 0.2) is 0 Å². The van der Waals surface area contributed by atoms with Gasteiger partial charge in [-0.05, 0) is 32.2 Å². The molecule has 0 aliphatic carbocycles. The maximum Gasteiger partial charge on any atom is 0.248 e. The van der Waals surface area contributed by atoms with Crippen molar-refractivity contribution in [2.75, 3.05) is 32.8 Å². The van der Waals surface area contributed by atoms with Crippen molar-refractivity contribution in [1.82, 2.24) is 10.2 Å². The van der Waals surface area contributed by atoms with E-state index in [0.717, 1.165) is 19.6 Å². The molecule has 0 aromatic heterocycles. The second-order valence-electron chi connectivity index (χ2n) is 4.40. The summed E-state index contributed by atoms with van der Waals surface area (Å²) in [6, 6.07) is 0.532. The van der Waals surface area contributed by atoms with Gasteiger partial charge in [-0.2, -0.15) is 0 Å². The number of ether oxygens (including phenoxy) is 1.